The van der Waals surface area contributed by atoms with E-state index in [2.05, 4.69) is 9.71 Å². The lowest BCUT2D eigenvalue weighted by atomic mass is 10.3. The average molecular weight is 327 g/mol. The first-order valence-electron chi connectivity index (χ1n) is 6.50. The topological polar surface area (TPSA) is 122 Å². The number of ether oxygens (including phenoxy) is 1. The maximum absolute atomic E-state index is 12.2. The molecule has 1 amide bonds. The molecule has 118 valence electrons. The molecular formula is C12H13N3O6S. The third kappa shape index (κ3) is 2.83. The summed E-state index contributed by atoms with van der Waals surface area (Å²) < 4.78 is 36.3. The van der Waals surface area contributed by atoms with Gasteiger partial charge in [-0.05, 0) is 12.1 Å². The number of cyclic esters (lactones) is 1. The van der Waals surface area contributed by atoms with Crippen LogP contribution in [0.3, 0.4) is 0 Å². The van der Waals surface area contributed by atoms with Gasteiger partial charge in [-0.1, -0.05) is 0 Å². The van der Waals surface area contributed by atoms with E-state index in [0.29, 0.717) is 18.7 Å². The fourth-order valence-corrected chi connectivity index (χ4v) is 3.16. The number of H-pyrrole nitrogens is 1. The van der Waals surface area contributed by atoms with E-state index < -0.39 is 21.9 Å². The first kappa shape index (κ1) is 14.6. The van der Waals surface area contributed by atoms with Crippen molar-refractivity contribution in [3.8, 4) is 0 Å². The molecule has 0 unspecified atom stereocenters. The minimum atomic E-state index is -3.76. The number of sulfonamides is 1. The van der Waals surface area contributed by atoms with Crippen LogP contribution in [0.25, 0.3) is 11.1 Å². The minimum absolute atomic E-state index is 0.0215. The summed E-state index contributed by atoms with van der Waals surface area (Å²) >= 11 is 0. The number of rotatable bonds is 5. The number of aromatic nitrogens is 1. The normalized spacial score (nSPS) is 15.5. The highest BCUT2D eigenvalue weighted by Gasteiger charge is 2.22. The Bertz CT molecular complexity index is 868. The molecule has 0 radical (unpaired) electrons. The van der Waals surface area contributed by atoms with Crippen molar-refractivity contribution in [1.82, 2.24) is 14.6 Å². The molecule has 2 N–H and O–H groups in total. The molecule has 0 atom stereocenters. The second-order valence-electron chi connectivity index (χ2n) is 4.67. The van der Waals surface area contributed by atoms with Crippen LogP contribution in [0.2, 0.25) is 0 Å². The number of benzene rings is 1. The molecule has 1 saturated heterocycles. The smallest absolute Gasteiger partial charge is 0.417 e. The summed E-state index contributed by atoms with van der Waals surface area (Å²) in [6, 6.07) is 4.08. The first-order valence-corrected chi connectivity index (χ1v) is 7.98. The van der Waals surface area contributed by atoms with E-state index in [1.807, 2.05) is 0 Å². The summed E-state index contributed by atoms with van der Waals surface area (Å²) in [5.74, 6) is -0.648. The number of fused-ring (bicyclic) bond motifs is 1. The number of carbonyl (C=O) groups is 1. The molecule has 1 aromatic carbocycles. The lowest BCUT2D eigenvalue weighted by Crippen LogP contribution is -2.35. The van der Waals surface area contributed by atoms with E-state index in [0.717, 1.165) is 0 Å². The Kier molecular flexibility index (Phi) is 3.62. The van der Waals surface area contributed by atoms with Gasteiger partial charge in [-0.25, -0.2) is 22.7 Å². The van der Waals surface area contributed by atoms with E-state index in [-0.39, 0.29) is 23.6 Å². The molecule has 9 nitrogen and oxygen atoms in total. The van der Waals surface area contributed by atoms with E-state index in [4.69, 9.17) is 9.15 Å². The molecule has 1 aromatic heterocycles. The number of hydrogen-bond acceptors (Lipinski definition) is 6. The van der Waals surface area contributed by atoms with Crippen LogP contribution in [0.5, 0.6) is 0 Å². The Hall–Kier alpha value is -2.33. The van der Waals surface area contributed by atoms with Crippen LogP contribution in [-0.2, 0) is 14.8 Å². The van der Waals surface area contributed by atoms with Gasteiger partial charge in [-0.15, -0.1) is 0 Å². The van der Waals surface area contributed by atoms with Gasteiger partial charge in [0.15, 0.2) is 5.58 Å². The van der Waals surface area contributed by atoms with Crippen molar-refractivity contribution in [3.63, 3.8) is 0 Å². The molecule has 22 heavy (non-hydrogen) atoms. The van der Waals surface area contributed by atoms with E-state index in [1.165, 1.54) is 23.1 Å². The molecular weight excluding hydrogens is 314 g/mol. The second kappa shape index (κ2) is 5.46. The summed E-state index contributed by atoms with van der Waals surface area (Å²) in [7, 11) is -3.76. The fourth-order valence-electron chi connectivity index (χ4n) is 2.12. The Morgan fingerprint density at radius 2 is 2.14 bits per heavy atom. The molecule has 0 bridgehead atoms. The van der Waals surface area contributed by atoms with E-state index in [9.17, 15) is 18.0 Å². The zero-order chi connectivity index (χ0) is 15.7. The standard InChI is InChI=1S/C12H13N3O6S/c16-11-14-9-2-1-8(7-10(9)21-11)22(18,19)13-3-4-15-5-6-20-12(15)17/h1-2,7,13H,3-6H2,(H,14,16). The van der Waals surface area contributed by atoms with Gasteiger partial charge in [-0.2, -0.15) is 0 Å². The molecule has 0 spiro atoms. The monoisotopic (exact) mass is 327 g/mol. The number of oxazole rings is 1. The molecule has 10 heteroatoms. The van der Waals surface area contributed by atoms with Crippen LogP contribution < -0.4 is 10.5 Å². The van der Waals surface area contributed by atoms with Crippen molar-refractivity contribution in [3.05, 3.63) is 28.7 Å². The Labute approximate surface area is 124 Å². The van der Waals surface area contributed by atoms with Crippen LogP contribution in [0.15, 0.2) is 32.3 Å². The van der Waals surface area contributed by atoms with Crippen molar-refractivity contribution in [2.45, 2.75) is 4.90 Å². The van der Waals surface area contributed by atoms with Crippen LogP contribution in [-0.4, -0.2) is 50.6 Å². The number of nitrogens with zero attached hydrogens (tertiary/aromatic N) is 1. The van der Waals surface area contributed by atoms with Crippen molar-refractivity contribution in [2.24, 2.45) is 0 Å². The van der Waals surface area contributed by atoms with Crippen LogP contribution in [0.4, 0.5) is 4.79 Å². The summed E-state index contributed by atoms with van der Waals surface area (Å²) in [5, 5.41) is 0. The molecule has 0 saturated carbocycles. The van der Waals surface area contributed by atoms with Crippen LogP contribution >= 0.6 is 0 Å². The summed E-state index contributed by atoms with van der Waals surface area (Å²) in [4.78, 5) is 26.1. The second-order valence-corrected chi connectivity index (χ2v) is 6.44. The largest absolute Gasteiger partial charge is 0.448 e. The maximum atomic E-state index is 12.2. The lowest BCUT2D eigenvalue weighted by Gasteiger charge is -2.13. The minimum Gasteiger partial charge on any atom is -0.448 e. The van der Waals surface area contributed by atoms with Crippen molar-refractivity contribution >= 4 is 27.2 Å². The van der Waals surface area contributed by atoms with Gasteiger partial charge < -0.3 is 14.1 Å². The van der Waals surface area contributed by atoms with Gasteiger partial charge in [0.25, 0.3) is 0 Å². The molecule has 1 aliphatic rings. The quantitative estimate of drug-likeness (QED) is 0.788. The zero-order valence-electron chi connectivity index (χ0n) is 11.4. The number of amides is 1. The summed E-state index contributed by atoms with van der Waals surface area (Å²) in [6.45, 7) is 1.04. The molecule has 1 fully saturated rings. The van der Waals surface area contributed by atoms with Crippen LogP contribution in [0, 0.1) is 0 Å². The van der Waals surface area contributed by atoms with Gasteiger partial charge in [0.1, 0.15) is 6.61 Å². The van der Waals surface area contributed by atoms with Gasteiger partial charge in [0.05, 0.1) is 17.0 Å². The van der Waals surface area contributed by atoms with Gasteiger partial charge in [0.2, 0.25) is 10.0 Å². The molecule has 0 aliphatic carbocycles. The van der Waals surface area contributed by atoms with E-state index in [1.54, 1.807) is 0 Å². The fraction of sp³-hybridized carbons (Fsp3) is 0.333. The van der Waals surface area contributed by atoms with Crippen LogP contribution in [0.1, 0.15) is 0 Å². The van der Waals surface area contributed by atoms with Crippen molar-refractivity contribution in [2.75, 3.05) is 26.2 Å². The predicted molar refractivity (Wildman–Crippen MR) is 74.9 cm³/mol. The SMILES string of the molecule is O=C1OCCN1CCNS(=O)(=O)c1ccc2[nH]c(=O)oc2c1. The highest BCUT2D eigenvalue weighted by Crippen LogP contribution is 2.16. The Balaban J connectivity index is 1.70. The Morgan fingerprint density at radius 3 is 2.86 bits per heavy atom. The van der Waals surface area contributed by atoms with Gasteiger partial charge in [0, 0.05) is 19.2 Å². The zero-order valence-corrected chi connectivity index (χ0v) is 12.2. The third-order valence-electron chi connectivity index (χ3n) is 3.22. The summed E-state index contributed by atoms with van der Waals surface area (Å²) in [5.41, 5.74) is 0.583. The molecule has 1 aliphatic heterocycles. The molecule has 2 aromatic rings. The average Bonchev–Trinajstić information content (AvgIpc) is 3.02. The first-order chi connectivity index (χ1) is 10.5. The number of nitrogens with one attached hydrogen (secondary N) is 2. The maximum Gasteiger partial charge on any atom is 0.417 e. The van der Waals surface area contributed by atoms with Gasteiger partial charge >= 0.3 is 11.8 Å². The van der Waals surface area contributed by atoms with Crippen molar-refractivity contribution in [1.29, 1.82) is 0 Å². The summed E-state index contributed by atoms with van der Waals surface area (Å²) in [6.07, 6.45) is -0.449. The highest BCUT2D eigenvalue weighted by molar-refractivity contribution is 7.89. The number of aromatic amines is 1. The predicted octanol–water partition coefficient (Wildman–Crippen LogP) is -0.148. The number of hydrogen-bond donors (Lipinski definition) is 2. The van der Waals surface area contributed by atoms with E-state index >= 15 is 0 Å². The lowest BCUT2D eigenvalue weighted by molar-refractivity contribution is 0.159. The van der Waals surface area contributed by atoms with Crippen molar-refractivity contribution < 1.29 is 22.4 Å². The Morgan fingerprint density at radius 1 is 1.32 bits per heavy atom. The molecule has 3 rings (SSSR count). The highest BCUT2D eigenvalue weighted by atomic mass is 32.2. The third-order valence-corrected chi connectivity index (χ3v) is 4.68. The number of carbonyl (C=O) groups excluding carboxylic acids is 1. The molecule has 2 heterocycles. The van der Waals surface area contributed by atoms with Gasteiger partial charge in [-0.3, -0.25) is 4.98 Å².